The number of aromatic nitrogens is 2. The molecule has 0 atom stereocenters. The standard InChI is InChI=1S/C20H17Cl2N3O5/c1-28-16-9-17(29-2)24-20(23-16)30-15-8-14(12(21)7-13(15)22)25-18(26)10-5-3-4-6-11(10)19(25)27/h7-9H,3-6H2,1-2H3. The van der Waals surface area contributed by atoms with Gasteiger partial charge in [0.05, 0.1) is 36.0 Å². The number of carbonyl (C=O) groups excluding carboxylic acids is 2. The Kier molecular flexibility index (Phi) is 5.53. The van der Waals surface area contributed by atoms with Crippen molar-refractivity contribution in [3.63, 3.8) is 0 Å². The lowest BCUT2D eigenvalue weighted by atomic mass is 9.93. The van der Waals surface area contributed by atoms with Crippen LogP contribution >= 0.6 is 23.2 Å². The van der Waals surface area contributed by atoms with Crippen LogP contribution in [0.2, 0.25) is 10.0 Å². The van der Waals surface area contributed by atoms with Crippen molar-refractivity contribution >= 4 is 40.7 Å². The molecule has 0 N–H and O–H groups in total. The molecule has 2 heterocycles. The molecule has 1 aromatic carbocycles. The molecule has 1 aliphatic carbocycles. The van der Waals surface area contributed by atoms with E-state index < -0.39 is 0 Å². The number of hydrogen-bond acceptors (Lipinski definition) is 7. The maximum absolute atomic E-state index is 12.9. The van der Waals surface area contributed by atoms with E-state index in [0.29, 0.717) is 24.0 Å². The molecule has 10 heteroatoms. The van der Waals surface area contributed by atoms with Crippen molar-refractivity contribution in [2.75, 3.05) is 19.1 Å². The maximum atomic E-state index is 12.9. The normalized spacial score (nSPS) is 16.1. The smallest absolute Gasteiger partial charge is 0.328 e. The number of halogens is 2. The molecule has 0 fully saturated rings. The summed E-state index contributed by atoms with van der Waals surface area (Å²) in [5.74, 6) is -0.141. The highest BCUT2D eigenvalue weighted by Crippen LogP contribution is 2.42. The van der Waals surface area contributed by atoms with Gasteiger partial charge in [-0.25, -0.2) is 4.90 Å². The number of imide groups is 1. The molecule has 1 aliphatic heterocycles. The average molecular weight is 450 g/mol. The fraction of sp³-hybridized carbons (Fsp3) is 0.300. The third-order valence-electron chi connectivity index (χ3n) is 4.91. The number of carbonyl (C=O) groups is 2. The van der Waals surface area contributed by atoms with Crippen molar-refractivity contribution in [2.24, 2.45) is 0 Å². The minimum Gasteiger partial charge on any atom is -0.481 e. The molecule has 1 aromatic heterocycles. The highest BCUT2D eigenvalue weighted by Gasteiger charge is 2.40. The predicted octanol–water partition coefficient (Wildman–Crippen LogP) is 4.34. The van der Waals surface area contributed by atoms with E-state index in [2.05, 4.69) is 9.97 Å². The van der Waals surface area contributed by atoms with Gasteiger partial charge in [-0.05, 0) is 31.7 Å². The van der Waals surface area contributed by atoms with Gasteiger partial charge in [0.25, 0.3) is 11.8 Å². The Morgan fingerprint density at radius 1 is 0.867 bits per heavy atom. The minimum atomic E-state index is -0.357. The first-order valence-corrected chi connectivity index (χ1v) is 9.93. The monoisotopic (exact) mass is 449 g/mol. The minimum absolute atomic E-state index is 0.0853. The van der Waals surface area contributed by atoms with Crippen LogP contribution in [-0.4, -0.2) is 36.0 Å². The molecule has 156 valence electrons. The van der Waals surface area contributed by atoms with Gasteiger partial charge in [0.2, 0.25) is 11.8 Å². The van der Waals surface area contributed by atoms with Crippen LogP contribution in [0.5, 0.6) is 23.5 Å². The fourth-order valence-corrected chi connectivity index (χ4v) is 3.97. The fourth-order valence-electron chi connectivity index (χ4n) is 3.46. The van der Waals surface area contributed by atoms with Gasteiger partial charge in [-0.15, -0.1) is 0 Å². The van der Waals surface area contributed by atoms with Crippen LogP contribution in [0.25, 0.3) is 0 Å². The first-order valence-electron chi connectivity index (χ1n) is 9.17. The summed E-state index contributed by atoms with van der Waals surface area (Å²) >= 11 is 12.6. The molecular formula is C20H17Cl2N3O5. The van der Waals surface area contributed by atoms with Gasteiger partial charge >= 0.3 is 6.01 Å². The molecule has 0 spiro atoms. The number of methoxy groups -OCH3 is 2. The summed E-state index contributed by atoms with van der Waals surface area (Å²) in [6.45, 7) is 0. The van der Waals surface area contributed by atoms with Crippen molar-refractivity contribution < 1.29 is 23.8 Å². The molecule has 2 aliphatic rings. The van der Waals surface area contributed by atoms with Crippen LogP contribution in [0.4, 0.5) is 5.69 Å². The van der Waals surface area contributed by atoms with Gasteiger partial charge in [-0.3, -0.25) is 9.59 Å². The zero-order valence-corrected chi connectivity index (χ0v) is 17.7. The zero-order chi connectivity index (χ0) is 21.4. The SMILES string of the molecule is COc1cc(OC)nc(Oc2cc(N3C(=O)C4=C(CCCC4)C3=O)c(Cl)cc2Cl)n1. The largest absolute Gasteiger partial charge is 0.481 e. The number of amides is 2. The molecule has 0 bridgehead atoms. The molecule has 0 saturated carbocycles. The van der Waals surface area contributed by atoms with Crippen molar-refractivity contribution in [3.8, 4) is 23.5 Å². The van der Waals surface area contributed by atoms with Crippen molar-refractivity contribution in [2.45, 2.75) is 25.7 Å². The molecule has 2 aromatic rings. The first kappa shape index (κ1) is 20.4. The van der Waals surface area contributed by atoms with E-state index in [1.54, 1.807) is 0 Å². The summed E-state index contributed by atoms with van der Waals surface area (Å²) in [5, 5.41) is 0.309. The predicted molar refractivity (Wildman–Crippen MR) is 110 cm³/mol. The molecule has 0 saturated heterocycles. The number of benzene rings is 1. The highest BCUT2D eigenvalue weighted by atomic mass is 35.5. The van der Waals surface area contributed by atoms with Gasteiger partial charge in [-0.2, -0.15) is 9.97 Å². The summed E-state index contributed by atoms with van der Waals surface area (Å²) in [6.07, 6.45) is 2.93. The molecular weight excluding hydrogens is 433 g/mol. The number of anilines is 1. The third-order valence-corrected chi connectivity index (χ3v) is 5.51. The van der Waals surface area contributed by atoms with Crippen molar-refractivity contribution in [1.82, 2.24) is 9.97 Å². The molecule has 8 nitrogen and oxygen atoms in total. The lowest BCUT2D eigenvalue weighted by Crippen LogP contribution is -2.31. The topological polar surface area (TPSA) is 90.9 Å². The van der Waals surface area contributed by atoms with Crippen molar-refractivity contribution in [1.29, 1.82) is 0 Å². The lowest BCUT2D eigenvalue weighted by Gasteiger charge is -2.18. The Balaban J connectivity index is 1.71. The summed E-state index contributed by atoms with van der Waals surface area (Å²) in [5.41, 5.74) is 1.30. The van der Waals surface area contributed by atoms with E-state index in [-0.39, 0.29) is 51.1 Å². The van der Waals surface area contributed by atoms with Crippen LogP contribution in [0.1, 0.15) is 25.7 Å². The molecule has 0 unspecified atom stereocenters. The first-order chi connectivity index (χ1) is 14.4. The summed E-state index contributed by atoms with van der Waals surface area (Å²) in [6, 6.07) is 4.23. The lowest BCUT2D eigenvalue weighted by molar-refractivity contribution is -0.120. The van der Waals surface area contributed by atoms with Crippen LogP contribution in [0.15, 0.2) is 29.3 Å². The Bertz CT molecular complexity index is 1040. The van der Waals surface area contributed by atoms with E-state index in [1.165, 1.54) is 32.4 Å². The summed E-state index contributed by atoms with van der Waals surface area (Å²) in [4.78, 5) is 35.0. The average Bonchev–Trinajstić information content (AvgIpc) is 3.00. The van der Waals surface area contributed by atoms with Crippen molar-refractivity contribution in [3.05, 3.63) is 39.4 Å². The number of rotatable bonds is 5. The number of ether oxygens (including phenoxy) is 3. The second-order valence-corrected chi connectivity index (χ2v) is 7.50. The van der Waals surface area contributed by atoms with Gasteiger partial charge in [0.15, 0.2) is 5.75 Å². The Labute approximate surface area is 182 Å². The summed E-state index contributed by atoms with van der Waals surface area (Å²) < 4.78 is 15.9. The maximum Gasteiger partial charge on any atom is 0.328 e. The van der Waals surface area contributed by atoms with Gasteiger partial charge in [0.1, 0.15) is 0 Å². The second-order valence-electron chi connectivity index (χ2n) is 6.68. The molecule has 4 rings (SSSR count). The number of nitrogens with zero attached hydrogens (tertiary/aromatic N) is 3. The van der Waals surface area contributed by atoms with Crippen LogP contribution in [0.3, 0.4) is 0 Å². The Morgan fingerprint density at radius 3 is 1.97 bits per heavy atom. The third kappa shape index (κ3) is 3.57. The molecule has 30 heavy (non-hydrogen) atoms. The zero-order valence-electron chi connectivity index (χ0n) is 16.2. The Hall–Kier alpha value is -2.84. The van der Waals surface area contributed by atoms with Crippen LogP contribution in [-0.2, 0) is 9.59 Å². The van der Waals surface area contributed by atoms with Gasteiger partial charge in [0, 0.05) is 17.2 Å². The van der Waals surface area contributed by atoms with E-state index in [1.807, 2.05) is 0 Å². The van der Waals surface area contributed by atoms with Gasteiger partial charge < -0.3 is 14.2 Å². The summed E-state index contributed by atoms with van der Waals surface area (Å²) in [7, 11) is 2.89. The van der Waals surface area contributed by atoms with Gasteiger partial charge in [-0.1, -0.05) is 23.2 Å². The van der Waals surface area contributed by atoms with E-state index >= 15 is 0 Å². The highest BCUT2D eigenvalue weighted by molar-refractivity contribution is 6.41. The van der Waals surface area contributed by atoms with E-state index in [9.17, 15) is 9.59 Å². The molecule has 2 amide bonds. The molecule has 0 radical (unpaired) electrons. The van der Waals surface area contributed by atoms with E-state index in [0.717, 1.165) is 17.7 Å². The quantitative estimate of drug-likeness (QED) is 0.626. The number of hydrogen-bond donors (Lipinski definition) is 0. The second kappa shape index (κ2) is 8.12. The Morgan fingerprint density at radius 2 is 1.43 bits per heavy atom. The van der Waals surface area contributed by atoms with Crippen LogP contribution in [0, 0.1) is 0 Å². The van der Waals surface area contributed by atoms with E-state index in [4.69, 9.17) is 37.4 Å². The van der Waals surface area contributed by atoms with Crippen LogP contribution < -0.4 is 19.1 Å².